The number of carbonyl (C=O) groups is 2. The van der Waals surface area contributed by atoms with E-state index in [1.807, 2.05) is 83.0 Å². The van der Waals surface area contributed by atoms with Crippen molar-refractivity contribution in [2.75, 3.05) is 18.1 Å². The lowest BCUT2D eigenvalue weighted by Crippen LogP contribution is -2.43. The van der Waals surface area contributed by atoms with Gasteiger partial charge in [0.05, 0.1) is 28.5 Å². The van der Waals surface area contributed by atoms with Gasteiger partial charge in [-0.2, -0.15) is 5.10 Å². The van der Waals surface area contributed by atoms with Gasteiger partial charge in [-0.1, -0.05) is 29.3 Å². The molecular formula is C38H38Cl2N6O4. The zero-order valence-electron chi connectivity index (χ0n) is 29.1. The van der Waals surface area contributed by atoms with Crippen LogP contribution in [-0.4, -0.2) is 54.0 Å². The van der Waals surface area contributed by atoms with Crippen molar-refractivity contribution < 1.29 is 19.4 Å². The quantitative estimate of drug-likeness (QED) is 0.159. The average molecular weight is 714 g/mol. The van der Waals surface area contributed by atoms with E-state index >= 15 is 0 Å². The summed E-state index contributed by atoms with van der Waals surface area (Å²) in [5.41, 5.74) is 8.73. The number of aryl methyl sites for hydroxylation is 6. The molecule has 1 aliphatic rings. The Bertz CT molecular complexity index is 2360. The number of rotatable bonds is 8. The number of pyridine rings is 1. The van der Waals surface area contributed by atoms with Crippen LogP contribution in [0.4, 0.5) is 5.69 Å². The Balaban J connectivity index is 1.39. The first kappa shape index (κ1) is 33.7. The van der Waals surface area contributed by atoms with E-state index in [4.69, 9.17) is 33.0 Å². The second-order valence-electron chi connectivity index (χ2n) is 13.3. The number of anilines is 1. The number of nitrogens with zero attached hydrogens (tertiary/aromatic N) is 6. The Morgan fingerprint density at radius 2 is 1.74 bits per heavy atom. The average Bonchev–Trinajstić information content (AvgIpc) is 3.70. The van der Waals surface area contributed by atoms with Gasteiger partial charge in [0.25, 0.3) is 5.91 Å². The van der Waals surface area contributed by atoms with Crippen LogP contribution < -0.4 is 9.64 Å². The minimum atomic E-state index is -1.16. The van der Waals surface area contributed by atoms with Gasteiger partial charge in [0, 0.05) is 65.5 Å². The number of aromatic nitrogens is 5. The van der Waals surface area contributed by atoms with E-state index in [1.165, 1.54) is 6.07 Å². The number of benzene rings is 2. The maximum absolute atomic E-state index is 15.0. The smallest absolute Gasteiger partial charge is 0.354 e. The molecule has 0 radical (unpaired) electrons. The van der Waals surface area contributed by atoms with Gasteiger partial charge >= 0.3 is 5.97 Å². The van der Waals surface area contributed by atoms with Gasteiger partial charge < -0.3 is 23.9 Å². The third-order valence-corrected chi connectivity index (χ3v) is 10.8. The van der Waals surface area contributed by atoms with Crippen molar-refractivity contribution in [3.63, 3.8) is 0 Å². The summed E-state index contributed by atoms with van der Waals surface area (Å²) in [6.07, 6.45) is 3.02. The molecule has 4 aromatic heterocycles. The van der Waals surface area contributed by atoms with Crippen LogP contribution in [-0.2, 0) is 20.5 Å². The fourth-order valence-electron chi connectivity index (χ4n) is 7.48. The van der Waals surface area contributed by atoms with Crippen LogP contribution in [0.15, 0.2) is 42.6 Å². The van der Waals surface area contributed by atoms with E-state index < -0.39 is 5.97 Å². The summed E-state index contributed by atoms with van der Waals surface area (Å²) in [4.78, 5) is 33.2. The topological polar surface area (TPSA) is 107 Å². The van der Waals surface area contributed by atoms with Crippen LogP contribution in [0.3, 0.4) is 0 Å². The second kappa shape index (κ2) is 12.5. The second-order valence-corrected chi connectivity index (χ2v) is 14.1. The predicted molar refractivity (Wildman–Crippen MR) is 197 cm³/mol. The Morgan fingerprint density at radius 3 is 2.40 bits per heavy atom. The lowest BCUT2D eigenvalue weighted by molar-refractivity contribution is 0.0690. The first-order valence-corrected chi connectivity index (χ1v) is 17.3. The van der Waals surface area contributed by atoms with E-state index in [2.05, 4.69) is 16.5 Å². The van der Waals surface area contributed by atoms with E-state index in [0.29, 0.717) is 53.4 Å². The van der Waals surface area contributed by atoms with Crippen molar-refractivity contribution in [1.82, 2.24) is 23.9 Å². The van der Waals surface area contributed by atoms with Crippen LogP contribution in [0.5, 0.6) is 5.75 Å². The highest BCUT2D eigenvalue weighted by molar-refractivity contribution is 6.35. The molecule has 0 bridgehead atoms. The standard InChI is InChI=1S/C38H38Cl2N6O4/c1-19-15-24(16-20(2)33(19)40)50-14-8-9-25-26-10-11-28(39)32(31-22(4)42-44(7)23(31)5)34(26)46-21(3)18-45(37(47)35(25)46)30-17-29(38(48)49)41-36-27(30)12-13-43(36)6/h10-13,15-17,21H,8-9,14,18H2,1-7H3,(H,48,49). The van der Waals surface area contributed by atoms with Crippen LogP contribution in [0.25, 0.3) is 33.1 Å². The molecule has 258 valence electrons. The van der Waals surface area contributed by atoms with Crippen molar-refractivity contribution >= 4 is 62.7 Å². The molecule has 12 heteroatoms. The van der Waals surface area contributed by atoms with Gasteiger partial charge in [-0.05, 0) is 94.5 Å². The first-order valence-electron chi connectivity index (χ1n) is 16.5. The zero-order valence-corrected chi connectivity index (χ0v) is 30.6. The van der Waals surface area contributed by atoms with Gasteiger partial charge in [-0.25, -0.2) is 9.78 Å². The highest BCUT2D eigenvalue weighted by Crippen LogP contribution is 2.45. The minimum Gasteiger partial charge on any atom is -0.494 e. The fourth-order valence-corrected chi connectivity index (χ4v) is 7.84. The number of ether oxygens (including phenoxy) is 1. The van der Waals surface area contributed by atoms with Gasteiger partial charge in [-0.15, -0.1) is 0 Å². The number of carboxylic acid groups (broad SMARTS) is 1. The Morgan fingerprint density at radius 1 is 1.02 bits per heavy atom. The minimum absolute atomic E-state index is 0.123. The Labute approximate surface area is 299 Å². The summed E-state index contributed by atoms with van der Waals surface area (Å²) in [6, 6.07) is 11.0. The third kappa shape index (κ3) is 5.32. The first-order chi connectivity index (χ1) is 23.8. The van der Waals surface area contributed by atoms with E-state index in [9.17, 15) is 14.7 Å². The lowest BCUT2D eigenvalue weighted by Gasteiger charge is -2.34. The molecule has 6 aromatic rings. The number of hydrogen-bond donors (Lipinski definition) is 1. The largest absolute Gasteiger partial charge is 0.494 e. The number of carbonyl (C=O) groups excluding carboxylic acids is 1. The molecule has 1 N–H and O–H groups in total. The molecule has 1 unspecified atom stereocenters. The van der Waals surface area contributed by atoms with Gasteiger partial charge in [-0.3, -0.25) is 9.48 Å². The number of carboxylic acids is 1. The zero-order chi connectivity index (χ0) is 35.8. The third-order valence-electron chi connectivity index (χ3n) is 9.89. The van der Waals surface area contributed by atoms with Crippen molar-refractivity contribution in [2.24, 2.45) is 14.1 Å². The number of halogens is 2. The van der Waals surface area contributed by atoms with Crippen LogP contribution >= 0.6 is 23.2 Å². The molecule has 0 saturated heterocycles. The summed E-state index contributed by atoms with van der Waals surface area (Å²) in [5, 5.41) is 17.6. The number of aromatic carboxylic acids is 1. The normalized spacial score (nSPS) is 14.6. The lowest BCUT2D eigenvalue weighted by atomic mass is 9.98. The van der Waals surface area contributed by atoms with Crippen LogP contribution in [0, 0.1) is 27.7 Å². The molecule has 0 saturated carbocycles. The van der Waals surface area contributed by atoms with Gasteiger partial charge in [0.1, 0.15) is 17.1 Å². The number of fused-ring (bicyclic) bond motifs is 4. The molecule has 0 fully saturated rings. The Hall–Kier alpha value is -4.80. The highest BCUT2D eigenvalue weighted by atomic mass is 35.5. The molecule has 0 spiro atoms. The summed E-state index contributed by atoms with van der Waals surface area (Å²) in [7, 11) is 3.72. The Kier molecular flexibility index (Phi) is 8.43. The summed E-state index contributed by atoms with van der Waals surface area (Å²) in [5.74, 6) is -0.623. The predicted octanol–water partition coefficient (Wildman–Crippen LogP) is 8.40. The van der Waals surface area contributed by atoms with E-state index in [-0.39, 0.29) is 17.6 Å². The van der Waals surface area contributed by atoms with Gasteiger partial charge in [0.15, 0.2) is 5.69 Å². The summed E-state index contributed by atoms with van der Waals surface area (Å²) >= 11 is 13.4. The SMILES string of the molecule is Cc1cc(OCCCc2c3n(c4c(-c5c(C)nn(C)c5C)c(Cl)ccc24)C(C)CN(c2cc(C(=O)O)nc4c2ccn4C)C3=O)cc(C)c1Cl. The maximum Gasteiger partial charge on any atom is 0.354 e. The van der Waals surface area contributed by atoms with Crippen molar-refractivity contribution in [3.8, 4) is 16.9 Å². The molecule has 0 aliphatic carbocycles. The van der Waals surface area contributed by atoms with Crippen molar-refractivity contribution in [1.29, 1.82) is 0 Å². The monoisotopic (exact) mass is 712 g/mol. The molecule has 1 amide bonds. The summed E-state index contributed by atoms with van der Waals surface area (Å²) < 4.78 is 11.9. The number of amides is 1. The van der Waals surface area contributed by atoms with Gasteiger partial charge in [0.2, 0.25) is 0 Å². The molecule has 2 aromatic carbocycles. The number of hydrogen-bond acceptors (Lipinski definition) is 5. The molecule has 1 aliphatic heterocycles. The van der Waals surface area contributed by atoms with Crippen LogP contribution in [0.1, 0.15) is 68.4 Å². The van der Waals surface area contributed by atoms with Crippen LogP contribution in [0.2, 0.25) is 10.0 Å². The molecule has 1 atom stereocenters. The highest BCUT2D eigenvalue weighted by Gasteiger charge is 2.37. The molecule has 7 rings (SSSR count). The molecule has 5 heterocycles. The maximum atomic E-state index is 15.0. The van der Waals surface area contributed by atoms with E-state index in [0.717, 1.165) is 60.9 Å². The summed E-state index contributed by atoms with van der Waals surface area (Å²) in [6.45, 7) is 10.7. The molecular weight excluding hydrogens is 675 g/mol. The molecule has 10 nitrogen and oxygen atoms in total. The van der Waals surface area contributed by atoms with Crippen molar-refractivity contribution in [3.05, 3.63) is 92.1 Å². The van der Waals surface area contributed by atoms with E-state index in [1.54, 1.807) is 9.47 Å². The molecule has 50 heavy (non-hydrogen) atoms. The fraction of sp³-hybridized carbons (Fsp3) is 0.316. The van der Waals surface area contributed by atoms with Crippen molar-refractivity contribution in [2.45, 2.75) is 53.5 Å².